The highest BCUT2D eigenvalue weighted by molar-refractivity contribution is 6.01. The summed E-state index contributed by atoms with van der Waals surface area (Å²) in [5.41, 5.74) is 9.41. The fourth-order valence-electron chi connectivity index (χ4n) is 5.80. The number of hydrogen-bond acceptors (Lipinski definition) is 17. The predicted octanol–water partition coefficient (Wildman–Crippen LogP) is 5.95. The molecule has 0 unspecified atom stereocenters. The van der Waals surface area contributed by atoms with Gasteiger partial charge in [-0.1, -0.05) is 30.3 Å². The summed E-state index contributed by atoms with van der Waals surface area (Å²) >= 11 is 0. The fraction of sp³-hybridized carbons (Fsp3) is 0.244. The minimum Gasteiger partial charge on any atom is -0.478 e. The third-order valence-electron chi connectivity index (χ3n) is 9.13. The second-order valence-corrected chi connectivity index (χ2v) is 13.6. The normalized spacial score (nSPS) is 10.2. The van der Waals surface area contributed by atoms with Crippen LogP contribution >= 0.6 is 0 Å². The molecule has 0 spiro atoms. The zero-order chi connectivity index (χ0) is 47.1. The average molecular weight is 888 g/mol. The molecule has 20 heteroatoms. The zero-order valence-electron chi connectivity index (χ0n) is 36.9. The molecule has 2 amide bonds. The number of methoxy groups -OCH3 is 2. The lowest BCUT2D eigenvalue weighted by atomic mass is 10.00. The predicted molar refractivity (Wildman–Crippen MR) is 248 cm³/mol. The highest BCUT2D eigenvalue weighted by Crippen LogP contribution is 2.29. The Hall–Kier alpha value is -7.94. The van der Waals surface area contributed by atoms with Gasteiger partial charge >= 0.3 is 5.97 Å². The molecule has 0 fully saturated rings. The molecule has 9 N–H and O–H groups in total. The Labute approximate surface area is 376 Å². The van der Waals surface area contributed by atoms with Crippen LogP contribution < -0.4 is 37.6 Å². The van der Waals surface area contributed by atoms with Crippen LogP contribution in [0.1, 0.15) is 65.7 Å². The zero-order valence-corrected chi connectivity index (χ0v) is 36.9. The number of pyridine rings is 2. The number of aromatic nitrogens is 6. The second kappa shape index (κ2) is 25.9. The van der Waals surface area contributed by atoms with Crippen LogP contribution in [0, 0.1) is 13.8 Å². The molecule has 0 bridgehead atoms. The molecule has 0 aliphatic heterocycles. The van der Waals surface area contributed by atoms with E-state index in [0.29, 0.717) is 89.7 Å². The standard InChI is InChI=1S/C23H26N6O3.C19H18N6O3.C3H9NO/c1-15-16(19(30)10-7-13-32-3)8-6-9-17(15)26-18-14-21(27-20-11-4-5-12-25-20)28-29-22(18)23(31)24-2;1-11-12(19(27)28)6-5-7-13(11)22-14-10-16(23-15-8-3-4-9-21-15)24-25-17(14)18(26)20-2;1-5-3-2-4/h4-6,8-9,11-12,14H,7,10,13H2,1-3H3,(H,24,31)(H2,25,26,27,28);3-10H,1-2H3,(H,20,26)(H,27,28)(H2,21,22,23,24);2-4H2,1H3. The van der Waals surface area contributed by atoms with E-state index in [2.05, 4.69) is 67.0 Å². The number of ketones is 1. The van der Waals surface area contributed by atoms with Crippen LogP contribution in [0.2, 0.25) is 0 Å². The van der Waals surface area contributed by atoms with E-state index in [-0.39, 0.29) is 28.6 Å². The summed E-state index contributed by atoms with van der Waals surface area (Å²) < 4.78 is 9.60. The number of nitrogens with zero attached hydrogens (tertiary/aromatic N) is 6. The molecule has 6 rings (SSSR count). The van der Waals surface area contributed by atoms with Gasteiger partial charge in [-0.05, 0) is 73.9 Å². The third kappa shape index (κ3) is 14.8. The lowest BCUT2D eigenvalue weighted by Crippen LogP contribution is -2.21. The van der Waals surface area contributed by atoms with Gasteiger partial charge in [0.2, 0.25) is 0 Å². The Balaban J connectivity index is 0.000000259. The van der Waals surface area contributed by atoms with Crippen molar-refractivity contribution < 1.29 is 33.8 Å². The molecule has 0 saturated heterocycles. The van der Waals surface area contributed by atoms with Crippen molar-refractivity contribution in [3.8, 4) is 0 Å². The molecule has 0 saturated carbocycles. The molecule has 6 aromatic rings. The van der Waals surface area contributed by atoms with Crippen LogP contribution in [-0.4, -0.2) is 107 Å². The number of carbonyl (C=O) groups is 4. The Morgan fingerprint density at radius 3 is 1.46 bits per heavy atom. The van der Waals surface area contributed by atoms with E-state index in [4.69, 9.17) is 10.5 Å². The van der Waals surface area contributed by atoms with Crippen LogP contribution in [0.3, 0.4) is 0 Å². The maximum atomic E-state index is 12.6. The van der Waals surface area contributed by atoms with E-state index in [9.17, 15) is 24.3 Å². The van der Waals surface area contributed by atoms with Crippen LogP contribution in [0.25, 0.3) is 0 Å². The number of carboxylic acid groups (broad SMARTS) is 1. The molecule has 2 aromatic carbocycles. The number of benzene rings is 2. The summed E-state index contributed by atoms with van der Waals surface area (Å²) in [7, 11) is 6.26. The first-order valence-electron chi connectivity index (χ1n) is 20.2. The number of ether oxygens (including phenoxy) is 2. The van der Waals surface area contributed by atoms with Crippen LogP contribution in [-0.2, 0) is 9.47 Å². The lowest BCUT2D eigenvalue weighted by Gasteiger charge is -2.15. The van der Waals surface area contributed by atoms with Crippen molar-refractivity contribution >= 4 is 69.6 Å². The summed E-state index contributed by atoms with van der Waals surface area (Å²) in [6.07, 6.45) is 4.35. The summed E-state index contributed by atoms with van der Waals surface area (Å²) in [5, 5.41) is 43.0. The first-order valence-corrected chi connectivity index (χ1v) is 20.2. The van der Waals surface area contributed by atoms with Gasteiger partial charge in [0.15, 0.2) is 28.8 Å². The van der Waals surface area contributed by atoms with Gasteiger partial charge in [0, 0.05) is 89.4 Å². The lowest BCUT2D eigenvalue weighted by molar-refractivity contribution is 0.0695. The maximum absolute atomic E-state index is 12.6. The smallest absolute Gasteiger partial charge is 0.336 e. The average Bonchev–Trinajstić information content (AvgIpc) is 3.31. The summed E-state index contributed by atoms with van der Waals surface area (Å²) in [4.78, 5) is 56.9. The van der Waals surface area contributed by atoms with E-state index in [1.807, 2.05) is 31.2 Å². The number of rotatable bonds is 18. The highest BCUT2D eigenvalue weighted by Gasteiger charge is 2.19. The number of carbonyl (C=O) groups excluding carboxylic acids is 3. The van der Waals surface area contributed by atoms with Crippen molar-refractivity contribution in [3.05, 3.63) is 131 Å². The minimum absolute atomic E-state index is 0.0417. The minimum atomic E-state index is -1.03. The van der Waals surface area contributed by atoms with Gasteiger partial charge in [-0.3, -0.25) is 14.4 Å². The molecule has 4 aromatic heterocycles. The topological polar surface area (TPSA) is 283 Å². The van der Waals surface area contributed by atoms with Crippen molar-refractivity contribution in [2.24, 2.45) is 5.73 Å². The first kappa shape index (κ1) is 49.7. The number of anilines is 8. The van der Waals surface area contributed by atoms with Gasteiger partial charge in [0.05, 0.1) is 23.5 Å². The maximum Gasteiger partial charge on any atom is 0.336 e. The van der Waals surface area contributed by atoms with Gasteiger partial charge in [-0.2, -0.15) is 0 Å². The van der Waals surface area contributed by atoms with Gasteiger partial charge in [-0.15, -0.1) is 20.4 Å². The summed E-state index contributed by atoms with van der Waals surface area (Å²) in [6, 6.07) is 24.4. The molecule has 340 valence electrons. The van der Waals surface area contributed by atoms with Gasteiger partial charge < -0.3 is 52.2 Å². The number of nitrogens with two attached hydrogens (primary N) is 1. The molecular formula is C45H53N13O7. The van der Waals surface area contributed by atoms with Gasteiger partial charge in [-0.25, -0.2) is 14.8 Å². The Morgan fingerprint density at radius 1 is 0.585 bits per heavy atom. The Bertz CT molecular complexity index is 2510. The van der Waals surface area contributed by atoms with E-state index < -0.39 is 11.9 Å². The molecule has 0 aliphatic carbocycles. The molecular weight excluding hydrogens is 835 g/mol. The first-order chi connectivity index (χ1) is 31.4. The van der Waals surface area contributed by atoms with E-state index in [1.165, 1.54) is 20.2 Å². The number of Topliss-reactive ketones (excluding diaryl/α,β-unsaturated/α-hetero) is 1. The number of carboxylic acids is 1. The quantitative estimate of drug-likeness (QED) is 0.0365. The van der Waals surface area contributed by atoms with E-state index in [0.717, 1.165) is 5.56 Å². The van der Waals surface area contributed by atoms with Gasteiger partial charge in [0.25, 0.3) is 11.8 Å². The molecule has 4 heterocycles. The van der Waals surface area contributed by atoms with Crippen LogP contribution in [0.5, 0.6) is 0 Å². The second-order valence-electron chi connectivity index (χ2n) is 13.6. The SMILES string of the molecule is CNC(=O)c1nnc(Nc2ccccn2)cc1Nc1cccc(C(=O)CCCOC)c1C.CNC(=O)c1nnc(Nc2ccccn2)cc1Nc1cccc(C(=O)O)c1C.COCCN. The monoisotopic (exact) mass is 887 g/mol. The highest BCUT2D eigenvalue weighted by atomic mass is 16.5. The van der Waals surface area contributed by atoms with Crippen molar-refractivity contribution in [2.75, 3.05) is 69.3 Å². The summed E-state index contributed by atoms with van der Waals surface area (Å²) in [5.74, 6) is 0.169. The van der Waals surface area contributed by atoms with Crippen molar-refractivity contribution in [3.63, 3.8) is 0 Å². The number of nitrogens with one attached hydrogen (secondary N) is 6. The number of hydrogen-bond donors (Lipinski definition) is 8. The van der Waals surface area contributed by atoms with E-state index in [1.54, 1.807) is 88.1 Å². The van der Waals surface area contributed by atoms with Crippen LogP contribution in [0.4, 0.5) is 46.0 Å². The molecule has 65 heavy (non-hydrogen) atoms. The fourth-order valence-corrected chi connectivity index (χ4v) is 5.80. The van der Waals surface area contributed by atoms with Gasteiger partial charge in [0.1, 0.15) is 11.6 Å². The Morgan fingerprint density at radius 2 is 1.06 bits per heavy atom. The summed E-state index contributed by atoms with van der Waals surface area (Å²) in [6.45, 7) is 5.38. The van der Waals surface area contributed by atoms with E-state index >= 15 is 0 Å². The Kier molecular flexibility index (Phi) is 19.8. The number of amides is 2. The van der Waals surface area contributed by atoms with Crippen molar-refractivity contribution in [1.82, 2.24) is 41.0 Å². The third-order valence-corrected chi connectivity index (χ3v) is 9.13. The van der Waals surface area contributed by atoms with Crippen LogP contribution in [0.15, 0.2) is 97.3 Å². The molecule has 0 radical (unpaired) electrons. The van der Waals surface area contributed by atoms with Crippen molar-refractivity contribution in [1.29, 1.82) is 0 Å². The molecule has 0 atom stereocenters. The van der Waals surface area contributed by atoms with Crippen molar-refractivity contribution in [2.45, 2.75) is 26.7 Å². The molecule has 20 nitrogen and oxygen atoms in total. The molecule has 0 aliphatic rings. The largest absolute Gasteiger partial charge is 0.478 e. The number of aromatic carboxylic acids is 1.